The number of aryl methyl sites for hydroxylation is 2. The van der Waals surface area contributed by atoms with Crippen molar-refractivity contribution in [1.82, 2.24) is 14.5 Å². The van der Waals surface area contributed by atoms with E-state index >= 15 is 0 Å². The van der Waals surface area contributed by atoms with Crippen molar-refractivity contribution in [2.75, 3.05) is 38.1 Å². The summed E-state index contributed by atoms with van der Waals surface area (Å²) >= 11 is 0. The Morgan fingerprint density at radius 2 is 1.83 bits per heavy atom. The van der Waals surface area contributed by atoms with E-state index in [1.165, 1.54) is 28.6 Å². The van der Waals surface area contributed by atoms with Crippen molar-refractivity contribution in [2.24, 2.45) is 7.05 Å². The molecular formula is C25H28N4O. The molecule has 0 amide bonds. The molecule has 0 spiro atoms. The van der Waals surface area contributed by atoms with Gasteiger partial charge in [0.05, 0.1) is 0 Å². The van der Waals surface area contributed by atoms with Crippen molar-refractivity contribution in [3.63, 3.8) is 0 Å². The first kappa shape index (κ1) is 18.0. The molecule has 1 aliphatic carbocycles. The number of oxazole rings is 1. The molecule has 5 nitrogen and oxygen atoms in total. The number of aromatic nitrogens is 2. The Labute approximate surface area is 176 Å². The first-order chi connectivity index (χ1) is 14.7. The standard InChI is InChI=1S/C25H28N4O/c1-27-11-13-29(14-12-27)25-26-21-15-17(8-10-24(21)30-25)18-7-9-20-19-5-3-4-6-22(19)28(2)23(20)16-18/h3-6,8,10,15,18H,7,9,11-14,16H2,1-2H3. The minimum Gasteiger partial charge on any atom is -0.423 e. The van der Waals surface area contributed by atoms with Crippen molar-refractivity contribution in [2.45, 2.75) is 25.2 Å². The molecule has 0 N–H and O–H groups in total. The molecule has 0 saturated carbocycles. The molecule has 5 heteroatoms. The van der Waals surface area contributed by atoms with Gasteiger partial charge in [0.25, 0.3) is 6.01 Å². The number of para-hydroxylation sites is 1. The fourth-order valence-corrected chi connectivity index (χ4v) is 5.32. The van der Waals surface area contributed by atoms with Crippen LogP contribution in [0.4, 0.5) is 6.01 Å². The second-order valence-electron chi connectivity index (χ2n) is 8.96. The van der Waals surface area contributed by atoms with Crippen molar-refractivity contribution in [3.05, 3.63) is 59.3 Å². The summed E-state index contributed by atoms with van der Waals surface area (Å²) < 4.78 is 8.49. The predicted molar refractivity (Wildman–Crippen MR) is 121 cm³/mol. The van der Waals surface area contributed by atoms with Crippen molar-refractivity contribution >= 4 is 28.0 Å². The molecule has 6 rings (SSSR count). The van der Waals surface area contributed by atoms with E-state index < -0.39 is 0 Å². The van der Waals surface area contributed by atoms with Crippen LogP contribution in [0.15, 0.2) is 46.9 Å². The van der Waals surface area contributed by atoms with Crippen LogP contribution in [0.5, 0.6) is 0 Å². The van der Waals surface area contributed by atoms with Gasteiger partial charge in [0.2, 0.25) is 0 Å². The monoisotopic (exact) mass is 400 g/mol. The fraction of sp³-hybridized carbons (Fsp3) is 0.400. The summed E-state index contributed by atoms with van der Waals surface area (Å²) in [4.78, 5) is 9.46. The van der Waals surface area contributed by atoms with Crippen LogP contribution in [0.2, 0.25) is 0 Å². The summed E-state index contributed by atoms with van der Waals surface area (Å²) in [6.07, 6.45) is 3.43. The molecule has 3 heterocycles. The summed E-state index contributed by atoms with van der Waals surface area (Å²) in [5.41, 5.74) is 7.66. The first-order valence-corrected chi connectivity index (χ1v) is 11.1. The summed E-state index contributed by atoms with van der Waals surface area (Å²) in [7, 11) is 4.38. The zero-order valence-corrected chi connectivity index (χ0v) is 17.8. The van der Waals surface area contributed by atoms with E-state index in [-0.39, 0.29) is 0 Å². The minimum absolute atomic E-state index is 0.536. The molecule has 1 atom stereocenters. The van der Waals surface area contributed by atoms with Crippen molar-refractivity contribution < 1.29 is 4.42 Å². The van der Waals surface area contributed by atoms with Crippen LogP contribution in [-0.2, 0) is 19.9 Å². The van der Waals surface area contributed by atoms with Gasteiger partial charge in [0, 0.05) is 49.8 Å². The highest BCUT2D eigenvalue weighted by atomic mass is 16.4. The predicted octanol–water partition coefficient (Wildman–Crippen LogP) is 4.34. The zero-order valence-electron chi connectivity index (χ0n) is 17.8. The molecule has 1 saturated heterocycles. The number of nitrogens with zero attached hydrogens (tertiary/aromatic N) is 4. The number of rotatable bonds is 2. The maximum absolute atomic E-state index is 6.09. The maximum Gasteiger partial charge on any atom is 0.298 e. The van der Waals surface area contributed by atoms with Crippen LogP contribution in [0.25, 0.3) is 22.0 Å². The first-order valence-electron chi connectivity index (χ1n) is 11.1. The van der Waals surface area contributed by atoms with Gasteiger partial charge in [0.15, 0.2) is 5.58 Å². The summed E-state index contributed by atoms with van der Waals surface area (Å²) in [6.45, 7) is 4.06. The Morgan fingerprint density at radius 1 is 1.00 bits per heavy atom. The maximum atomic E-state index is 6.09. The van der Waals surface area contributed by atoms with Crippen LogP contribution in [0.1, 0.15) is 29.2 Å². The molecule has 1 unspecified atom stereocenters. The highest BCUT2D eigenvalue weighted by Gasteiger charge is 2.26. The zero-order chi connectivity index (χ0) is 20.2. The van der Waals surface area contributed by atoms with E-state index in [2.05, 4.69) is 70.9 Å². The average molecular weight is 401 g/mol. The lowest BCUT2D eigenvalue weighted by molar-refractivity contribution is 0.305. The smallest absolute Gasteiger partial charge is 0.298 e. The number of benzene rings is 2. The van der Waals surface area contributed by atoms with Gasteiger partial charge in [0.1, 0.15) is 5.52 Å². The molecule has 4 aromatic rings. The molecule has 2 aliphatic rings. The topological polar surface area (TPSA) is 37.4 Å². The van der Waals surface area contributed by atoms with Gasteiger partial charge in [-0.2, -0.15) is 4.98 Å². The van der Waals surface area contributed by atoms with E-state index in [1.54, 1.807) is 5.56 Å². The van der Waals surface area contributed by atoms with Crippen LogP contribution in [0.3, 0.4) is 0 Å². The lowest BCUT2D eigenvalue weighted by atomic mass is 9.82. The van der Waals surface area contributed by atoms with Crippen LogP contribution < -0.4 is 4.90 Å². The number of hydrogen-bond acceptors (Lipinski definition) is 4. The summed E-state index contributed by atoms with van der Waals surface area (Å²) in [6, 6.07) is 16.2. The molecule has 0 radical (unpaired) electrons. The SMILES string of the molecule is CN1CCN(c2nc3cc(C4CCc5c(n(C)c6ccccc56)C4)ccc3o2)CC1. The normalized spacial score (nSPS) is 20.2. The molecule has 1 aliphatic heterocycles. The van der Waals surface area contributed by atoms with E-state index in [0.717, 1.165) is 56.1 Å². The van der Waals surface area contributed by atoms with Gasteiger partial charge >= 0.3 is 0 Å². The molecule has 154 valence electrons. The molecule has 2 aromatic heterocycles. The van der Waals surface area contributed by atoms with Crippen molar-refractivity contribution in [1.29, 1.82) is 0 Å². The Bertz CT molecular complexity index is 1230. The number of likely N-dealkylation sites (N-methyl/N-ethyl adjacent to an activating group) is 1. The van der Waals surface area contributed by atoms with Crippen molar-refractivity contribution in [3.8, 4) is 0 Å². The minimum atomic E-state index is 0.536. The molecule has 0 bridgehead atoms. The van der Waals surface area contributed by atoms with Gasteiger partial charge in [-0.1, -0.05) is 24.3 Å². The molecule has 1 fully saturated rings. The average Bonchev–Trinajstić information content (AvgIpc) is 3.33. The lowest BCUT2D eigenvalue weighted by Gasteiger charge is -2.31. The third-order valence-electron chi connectivity index (χ3n) is 7.17. The van der Waals surface area contributed by atoms with Crippen LogP contribution >= 0.6 is 0 Å². The largest absolute Gasteiger partial charge is 0.423 e. The Hall–Kier alpha value is -2.79. The second-order valence-corrected chi connectivity index (χ2v) is 8.96. The second kappa shape index (κ2) is 6.88. The Kier molecular flexibility index (Phi) is 4.13. The van der Waals surface area contributed by atoms with Gasteiger partial charge < -0.3 is 18.8 Å². The van der Waals surface area contributed by atoms with E-state index in [1.807, 2.05) is 0 Å². The van der Waals surface area contributed by atoms with Crippen LogP contribution in [0, 0.1) is 0 Å². The quantitative estimate of drug-likeness (QED) is 0.502. The molecule has 30 heavy (non-hydrogen) atoms. The number of anilines is 1. The van der Waals surface area contributed by atoms with Gasteiger partial charge in [-0.25, -0.2) is 0 Å². The fourth-order valence-electron chi connectivity index (χ4n) is 5.32. The molecule has 2 aromatic carbocycles. The van der Waals surface area contributed by atoms with E-state index in [4.69, 9.17) is 9.40 Å². The summed E-state index contributed by atoms with van der Waals surface area (Å²) in [5, 5.41) is 1.43. The highest BCUT2D eigenvalue weighted by molar-refractivity contribution is 5.86. The molecular weight excluding hydrogens is 372 g/mol. The number of piperazine rings is 1. The van der Waals surface area contributed by atoms with E-state index in [0.29, 0.717) is 5.92 Å². The van der Waals surface area contributed by atoms with Gasteiger partial charge in [-0.3, -0.25) is 0 Å². The highest BCUT2D eigenvalue weighted by Crippen LogP contribution is 2.38. The van der Waals surface area contributed by atoms with Gasteiger partial charge in [-0.05, 0) is 61.6 Å². The third-order valence-corrected chi connectivity index (χ3v) is 7.17. The van der Waals surface area contributed by atoms with Crippen LogP contribution in [-0.4, -0.2) is 47.7 Å². The number of fused-ring (bicyclic) bond motifs is 4. The van der Waals surface area contributed by atoms with Gasteiger partial charge in [-0.15, -0.1) is 0 Å². The Morgan fingerprint density at radius 3 is 2.70 bits per heavy atom. The third kappa shape index (κ3) is 2.83. The number of hydrogen-bond donors (Lipinski definition) is 0. The Balaban J connectivity index is 1.30. The lowest BCUT2D eigenvalue weighted by Crippen LogP contribution is -2.44. The van der Waals surface area contributed by atoms with E-state index in [9.17, 15) is 0 Å². The summed E-state index contributed by atoms with van der Waals surface area (Å²) in [5.74, 6) is 0.536.